The second-order valence-corrected chi connectivity index (χ2v) is 11.1. The third kappa shape index (κ3) is 5.85. The number of nitrogens with one attached hydrogen (secondary N) is 1. The predicted octanol–water partition coefficient (Wildman–Crippen LogP) is 4.55. The number of nitrogens with zero attached hydrogens (tertiary/aromatic N) is 1. The number of sulfonamides is 1. The van der Waals surface area contributed by atoms with Crippen LogP contribution in [0.5, 0.6) is 0 Å². The molecule has 164 valence electrons. The van der Waals surface area contributed by atoms with Gasteiger partial charge in [0, 0.05) is 0 Å². The smallest absolute Gasteiger partial charge is 0.241 e. The van der Waals surface area contributed by atoms with Gasteiger partial charge in [0.25, 0.3) is 0 Å². The van der Waals surface area contributed by atoms with Crippen molar-refractivity contribution in [3.05, 3.63) is 64.2 Å². The minimum Gasteiger partial charge on any atom is -0.348 e. The van der Waals surface area contributed by atoms with Crippen LogP contribution in [0.1, 0.15) is 61.6 Å². The molecule has 2 rings (SSSR count). The molecule has 0 bridgehead atoms. The molecule has 1 atom stereocenters. The highest BCUT2D eigenvalue weighted by Crippen LogP contribution is 2.28. The monoisotopic (exact) mass is 430 g/mol. The third-order valence-corrected chi connectivity index (χ3v) is 6.34. The maximum absolute atomic E-state index is 12.8. The van der Waals surface area contributed by atoms with E-state index in [0.717, 1.165) is 28.5 Å². The zero-order chi connectivity index (χ0) is 22.9. The molecule has 0 unspecified atom stereocenters. The van der Waals surface area contributed by atoms with Gasteiger partial charge in [-0.05, 0) is 55.4 Å². The molecule has 2 aromatic carbocycles. The Morgan fingerprint density at radius 1 is 1.03 bits per heavy atom. The van der Waals surface area contributed by atoms with Crippen LogP contribution in [0, 0.1) is 20.8 Å². The minimum atomic E-state index is -3.62. The van der Waals surface area contributed by atoms with E-state index >= 15 is 0 Å². The van der Waals surface area contributed by atoms with Crippen molar-refractivity contribution in [3.8, 4) is 0 Å². The van der Waals surface area contributed by atoms with E-state index < -0.39 is 10.0 Å². The molecule has 2 aromatic rings. The third-order valence-electron chi connectivity index (χ3n) is 5.23. The molecule has 0 saturated carbocycles. The number of aryl methyl sites for hydroxylation is 3. The Hall–Kier alpha value is -2.34. The lowest BCUT2D eigenvalue weighted by Crippen LogP contribution is -2.41. The Morgan fingerprint density at radius 2 is 1.53 bits per heavy atom. The number of anilines is 1. The van der Waals surface area contributed by atoms with Crippen LogP contribution >= 0.6 is 0 Å². The van der Waals surface area contributed by atoms with Gasteiger partial charge in [-0.3, -0.25) is 9.10 Å². The molecule has 30 heavy (non-hydrogen) atoms. The Kier molecular flexibility index (Phi) is 7.02. The lowest BCUT2D eigenvalue weighted by atomic mass is 9.86. The number of carbonyl (C=O) groups is 1. The number of rotatable bonds is 6. The zero-order valence-corrected chi connectivity index (χ0v) is 20.1. The van der Waals surface area contributed by atoms with Crippen molar-refractivity contribution >= 4 is 21.6 Å². The Labute approximate surface area is 181 Å². The average Bonchev–Trinajstić information content (AvgIpc) is 2.58. The summed E-state index contributed by atoms with van der Waals surface area (Å²) in [5.41, 5.74) is 5.54. The van der Waals surface area contributed by atoms with Crippen LogP contribution in [0.25, 0.3) is 0 Å². The number of amides is 1. The summed E-state index contributed by atoms with van der Waals surface area (Å²) in [6.07, 6.45) is 1.13. The molecule has 0 saturated heterocycles. The summed E-state index contributed by atoms with van der Waals surface area (Å²) in [4.78, 5) is 12.8. The van der Waals surface area contributed by atoms with Crippen molar-refractivity contribution in [2.75, 3.05) is 17.1 Å². The van der Waals surface area contributed by atoms with Gasteiger partial charge in [-0.25, -0.2) is 8.42 Å². The van der Waals surface area contributed by atoms with Crippen molar-refractivity contribution in [2.24, 2.45) is 0 Å². The lowest BCUT2D eigenvalue weighted by molar-refractivity contribution is -0.120. The average molecular weight is 431 g/mol. The van der Waals surface area contributed by atoms with E-state index in [4.69, 9.17) is 0 Å². The van der Waals surface area contributed by atoms with Crippen LogP contribution in [0.15, 0.2) is 36.4 Å². The Morgan fingerprint density at radius 3 is 1.97 bits per heavy atom. The zero-order valence-electron chi connectivity index (χ0n) is 19.3. The van der Waals surface area contributed by atoms with E-state index in [2.05, 4.69) is 38.2 Å². The van der Waals surface area contributed by atoms with E-state index in [-0.39, 0.29) is 23.9 Å². The number of hydrogen-bond acceptors (Lipinski definition) is 3. The number of hydrogen-bond donors (Lipinski definition) is 1. The van der Waals surface area contributed by atoms with Gasteiger partial charge in [0.15, 0.2) is 0 Å². The van der Waals surface area contributed by atoms with Crippen LogP contribution in [0.4, 0.5) is 5.69 Å². The molecule has 0 aliphatic rings. The summed E-state index contributed by atoms with van der Waals surface area (Å²) in [5.74, 6) is -0.341. The highest BCUT2D eigenvalue weighted by molar-refractivity contribution is 7.92. The first kappa shape index (κ1) is 23.9. The number of carbonyl (C=O) groups excluding carboxylic acids is 1. The predicted molar refractivity (Wildman–Crippen MR) is 125 cm³/mol. The molecular weight excluding hydrogens is 396 g/mol. The maximum Gasteiger partial charge on any atom is 0.241 e. The second kappa shape index (κ2) is 8.80. The first-order valence-electron chi connectivity index (χ1n) is 10.2. The lowest BCUT2D eigenvalue weighted by Gasteiger charge is -2.27. The van der Waals surface area contributed by atoms with E-state index in [9.17, 15) is 13.2 Å². The molecule has 5 nitrogen and oxygen atoms in total. The molecule has 6 heteroatoms. The molecule has 1 amide bonds. The molecule has 0 aliphatic carbocycles. The second-order valence-electron chi connectivity index (χ2n) is 9.18. The normalized spacial score (nSPS) is 13.1. The fourth-order valence-corrected chi connectivity index (χ4v) is 4.67. The van der Waals surface area contributed by atoms with Crippen LogP contribution in [-0.4, -0.2) is 27.1 Å². The molecular formula is C24H34N2O3S. The molecule has 0 aromatic heterocycles. The van der Waals surface area contributed by atoms with Crippen molar-refractivity contribution in [1.82, 2.24) is 5.32 Å². The summed E-state index contributed by atoms with van der Waals surface area (Å²) in [6.45, 7) is 13.8. The first-order chi connectivity index (χ1) is 13.7. The minimum absolute atomic E-state index is 0.0603. The van der Waals surface area contributed by atoms with Crippen LogP contribution in [0.2, 0.25) is 0 Å². The highest BCUT2D eigenvalue weighted by Gasteiger charge is 2.25. The Balaban J connectivity index is 2.21. The van der Waals surface area contributed by atoms with Crippen LogP contribution < -0.4 is 9.62 Å². The van der Waals surface area contributed by atoms with Gasteiger partial charge in [-0.2, -0.15) is 0 Å². The van der Waals surface area contributed by atoms with Gasteiger partial charge >= 0.3 is 0 Å². The molecule has 0 aliphatic heterocycles. The number of benzene rings is 2. The van der Waals surface area contributed by atoms with Gasteiger partial charge in [-0.15, -0.1) is 0 Å². The molecule has 0 radical (unpaired) electrons. The summed E-state index contributed by atoms with van der Waals surface area (Å²) in [5, 5.41) is 2.93. The van der Waals surface area contributed by atoms with Gasteiger partial charge in [0.2, 0.25) is 15.9 Å². The van der Waals surface area contributed by atoms with E-state index in [0.29, 0.717) is 5.69 Å². The van der Waals surface area contributed by atoms with Crippen molar-refractivity contribution < 1.29 is 13.2 Å². The van der Waals surface area contributed by atoms with E-state index in [1.807, 2.05) is 52.0 Å². The Bertz CT molecular complexity index is 996. The van der Waals surface area contributed by atoms with Crippen molar-refractivity contribution in [3.63, 3.8) is 0 Å². The molecule has 1 N–H and O–H groups in total. The fourth-order valence-electron chi connectivity index (χ4n) is 3.70. The van der Waals surface area contributed by atoms with Crippen molar-refractivity contribution in [2.45, 2.75) is 59.9 Å². The van der Waals surface area contributed by atoms with Crippen LogP contribution in [-0.2, 0) is 20.2 Å². The summed E-state index contributed by atoms with van der Waals surface area (Å²) < 4.78 is 26.2. The first-order valence-corrected chi connectivity index (χ1v) is 12.0. The highest BCUT2D eigenvalue weighted by atomic mass is 32.2. The largest absolute Gasteiger partial charge is 0.348 e. The van der Waals surface area contributed by atoms with E-state index in [1.165, 1.54) is 9.87 Å². The summed E-state index contributed by atoms with van der Waals surface area (Å²) in [7, 11) is -3.62. The topological polar surface area (TPSA) is 66.5 Å². The SMILES string of the molecule is Cc1cc(C)c(N(CC(=O)N[C@@H](C)c2ccc(C(C)(C)C)cc2)S(C)(=O)=O)c(C)c1. The standard InChI is InChI=1S/C24H34N2O3S/c1-16-13-17(2)23(18(3)14-16)26(30(8,28)29)15-22(27)25-19(4)20-9-11-21(12-10-20)24(5,6)7/h9-14,19H,15H2,1-8H3,(H,25,27)/t19-/m0/s1. The molecule has 0 heterocycles. The van der Waals surface area contributed by atoms with Gasteiger partial charge in [0.05, 0.1) is 18.0 Å². The fraction of sp³-hybridized carbons (Fsp3) is 0.458. The summed E-state index contributed by atoms with van der Waals surface area (Å²) >= 11 is 0. The van der Waals surface area contributed by atoms with Gasteiger partial charge < -0.3 is 5.32 Å². The van der Waals surface area contributed by atoms with Gasteiger partial charge in [-0.1, -0.05) is 62.7 Å². The quantitative estimate of drug-likeness (QED) is 0.731. The van der Waals surface area contributed by atoms with Crippen molar-refractivity contribution in [1.29, 1.82) is 0 Å². The van der Waals surface area contributed by atoms with Gasteiger partial charge in [0.1, 0.15) is 6.54 Å². The molecule has 0 spiro atoms. The molecule has 0 fully saturated rings. The maximum atomic E-state index is 12.8. The summed E-state index contributed by atoms with van der Waals surface area (Å²) in [6, 6.07) is 11.8. The van der Waals surface area contributed by atoms with E-state index in [1.54, 1.807) is 0 Å². The van der Waals surface area contributed by atoms with Crippen LogP contribution in [0.3, 0.4) is 0 Å².